The molecule has 0 saturated heterocycles. The summed E-state index contributed by atoms with van der Waals surface area (Å²) < 4.78 is 26.3. The maximum Gasteiger partial charge on any atom is 0.241 e. The molecule has 1 aliphatic rings. The molecule has 0 atom stereocenters. The third-order valence-electron chi connectivity index (χ3n) is 4.00. The van der Waals surface area contributed by atoms with Gasteiger partial charge >= 0.3 is 0 Å². The number of aromatic nitrogens is 1. The highest BCUT2D eigenvalue weighted by molar-refractivity contribution is 7.94. The van der Waals surface area contributed by atoms with Gasteiger partial charge in [-0.1, -0.05) is 17.7 Å². The summed E-state index contributed by atoms with van der Waals surface area (Å²) in [5.74, 6) is 0. The van der Waals surface area contributed by atoms with Crippen molar-refractivity contribution in [3.63, 3.8) is 0 Å². The van der Waals surface area contributed by atoms with Gasteiger partial charge in [-0.2, -0.15) is 0 Å². The quantitative estimate of drug-likeness (QED) is 0.860. The van der Waals surface area contributed by atoms with Crippen LogP contribution < -0.4 is 4.31 Å². The molecule has 2 heterocycles. The van der Waals surface area contributed by atoms with Crippen LogP contribution in [0.4, 0.5) is 5.69 Å². The fourth-order valence-electron chi connectivity index (χ4n) is 2.92. The minimum Gasteiger partial charge on any atom is -0.359 e. The average molecular weight is 325 g/mol. The molecule has 0 saturated carbocycles. The Morgan fingerprint density at radius 2 is 2.24 bits per heavy atom. The first kappa shape index (κ1) is 14.5. The Morgan fingerprint density at radius 1 is 1.52 bits per heavy atom. The van der Waals surface area contributed by atoms with E-state index in [4.69, 9.17) is 11.6 Å². The standard InChI is InChI=1S/C15H17ClN2O2S/c1-4-7-18-14-10(9-15(2,3)21(18,19)20)8-12(16)11-5-6-17-13(11)14/h4-6,8,17H,1,7,9H2,2-3H3. The van der Waals surface area contributed by atoms with E-state index in [9.17, 15) is 8.42 Å². The van der Waals surface area contributed by atoms with E-state index in [1.165, 1.54) is 4.31 Å². The van der Waals surface area contributed by atoms with Crippen LogP contribution in [0, 0.1) is 0 Å². The minimum absolute atomic E-state index is 0.245. The van der Waals surface area contributed by atoms with Gasteiger partial charge in [0.05, 0.1) is 27.5 Å². The molecule has 21 heavy (non-hydrogen) atoms. The lowest BCUT2D eigenvalue weighted by atomic mass is 9.98. The summed E-state index contributed by atoms with van der Waals surface area (Å²) >= 11 is 6.32. The van der Waals surface area contributed by atoms with Gasteiger partial charge in [-0.25, -0.2) is 8.42 Å². The van der Waals surface area contributed by atoms with Crippen molar-refractivity contribution in [1.82, 2.24) is 4.98 Å². The van der Waals surface area contributed by atoms with Gasteiger partial charge in [-0.15, -0.1) is 6.58 Å². The molecule has 3 rings (SSSR count). The number of halogens is 1. The van der Waals surface area contributed by atoms with Crippen molar-refractivity contribution in [1.29, 1.82) is 0 Å². The number of hydrogen-bond donors (Lipinski definition) is 1. The predicted octanol–water partition coefficient (Wildman–Crippen LogP) is 3.48. The fraction of sp³-hybridized carbons (Fsp3) is 0.333. The number of fused-ring (bicyclic) bond motifs is 3. The Morgan fingerprint density at radius 3 is 2.90 bits per heavy atom. The maximum atomic E-state index is 12.9. The van der Waals surface area contributed by atoms with Crippen LogP contribution in [0.3, 0.4) is 0 Å². The van der Waals surface area contributed by atoms with Crippen molar-refractivity contribution in [2.75, 3.05) is 10.8 Å². The van der Waals surface area contributed by atoms with Crippen LogP contribution >= 0.6 is 11.6 Å². The molecule has 1 aromatic carbocycles. The molecule has 0 aliphatic carbocycles. The number of hydrogen-bond acceptors (Lipinski definition) is 2. The zero-order valence-electron chi connectivity index (χ0n) is 12.0. The maximum absolute atomic E-state index is 12.9. The number of benzene rings is 1. The molecule has 0 amide bonds. The fourth-order valence-corrected chi connectivity index (χ4v) is 4.89. The largest absolute Gasteiger partial charge is 0.359 e. The van der Waals surface area contributed by atoms with Gasteiger partial charge in [0.15, 0.2) is 0 Å². The summed E-state index contributed by atoms with van der Waals surface area (Å²) in [5.41, 5.74) is 2.40. The Labute approximate surface area is 129 Å². The van der Waals surface area contributed by atoms with Gasteiger partial charge in [-0.3, -0.25) is 4.31 Å². The second kappa shape index (κ2) is 4.52. The highest BCUT2D eigenvalue weighted by Crippen LogP contribution is 2.44. The molecule has 1 aliphatic heterocycles. The number of rotatable bonds is 2. The van der Waals surface area contributed by atoms with E-state index in [0.717, 1.165) is 16.5 Å². The van der Waals surface area contributed by atoms with Crippen molar-refractivity contribution in [3.05, 3.63) is 41.6 Å². The lowest BCUT2D eigenvalue weighted by Gasteiger charge is -2.39. The van der Waals surface area contributed by atoms with E-state index in [2.05, 4.69) is 11.6 Å². The molecule has 0 radical (unpaired) electrons. The molecule has 0 unspecified atom stereocenters. The lowest BCUT2D eigenvalue weighted by molar-refractivity contribution is 0.534. The molecular formula is C15H17ClN2O2S. The summed E-state index contributed by atoms with van der Waals surface area (Å²) in [5, 5.41) is 1.47. The number of aromatic amines is 1. The van der Waals surface area contributed by atoms with Crippen LogP contribution in [-0.2, 0) is 16.4 Å². The van der Waals surface area contributed by atoms with Crippen LogP contribution in [-0.4, -0.2) is 24.7 Å². The molecule has 0 spiro atoms. The Hall–Kier alpha value is -1.46. The molecular weight excluding hydrogens is 308 g/mol. The van der Waals surface area contributed by atoms with Gasteiger partial charge in [0, 0.05) is 11.6 Å². The predicted molar refractivity (Wildman–Crippen MR) is 87.6 cm³/mol. The van der Waals surface area contributed by atoms with Crippen LogP contribution in [0.5, 0.6) is 0 Å². The van der Waals surface area contributed by atoms with Crippen molar-refractivity contribution >= 4 is 38.2 Å². The molecule has 112 valence electrons. The molecule has 0 fully saturated rings. The zero-order chi connectivity index (χ0) is 15.4. The van der Waals surface area contributed by atoms with E-state index < -0.39 is 14.8 Å². The van der Waals surface area contributed by atoms with Crippen molar-refractivity contribution in [3.8, 4) is 0 Å². The monoisotopic (exact) mass is 324 g/mol. The van der Waals surface area contributed by atoms with Gasteiger partial charge in [0.25, 0.3) is 0 Å². The third kappa shape index (κ3) is 1.91. The Kier molecular flexibility index (Phi) is 3.11. The second-order valence-electron chi connectivity index (χ2n) is 5.89. The highest BCUT2D eigenvalue weighted by Gasteiger charge is 2.45. The number of nitrogens with one attached hydrogen (secondary N) is 1. The van der Waals surface area contributed by atoms with Gasteiger partial charge in [-0.05, 0) is 38.0 Å². The molecule has 4 nitrogen and oxygen atoms in total. The topological polar surface area (TPSA) is 53.2 Å². The summed E-state index contributed by atoms with van der Waals surface area (Å²) in [6, 6.07) is 3.73. The molecule has 1 N–H and O–H groups in total. The SMILES string of the molecule is C=CCN1c2c(cc(Cl)c3cc[nH]c23)CC(C)(C)S1(=O)=O. The van der Waals surface area contributed by atoms with Crippen LogP contribution in [0.2, 0.25) is 5.02 Å². The molecule has 2 aromatic rings. The van der Waals surface area contributed by atoms with Crippen LogP contribution in [0.25, 0.3) is 10.9 Å². The molecule has 0 bridgehead atoms. The molecule has 1 aromatic heterocycles. The first-order valence-corrected chi connectivity index (χ1v) is 8.53. The summed E-state index contributed by atoms with van der Waals surface area (Å²) in [6.45, 7) is 7.42. The Bertz CT molecular complexity index is 837. The first-order chi connectivity index (χ1) is 9.79. The van der Waals surface area contributed by atoms with E-state index >= 15 is 0 Å². The number of H-pyrrole nitrogens is 1. The third-order valence-corrected chi connectivity index (χ3v) is 6.76. The van der Waals surface area contributed by atoms with E-state index in [1.807, 2.05) is 12.1 Å². The summed E-state index contributed by atoms with van der Waals surface area (Å²) in [7, 11) is -3.46. The van der Waals surface area contributed by atoms with Crippen molar-refractivity contribution in [2.45, 2.75) is 25.0 Å². The normalized spacial score (nSPS) is 19.5. The number of anilines is 1. The zero-order valence-corrected chi connectivity index (χ0v) is 13.6. The minimum atomic E-state index is -3.46. The first-order valence-electron chi connectivity index (χ1n) is 6.71. The number of nitrogens with zero attached hydrogens (tertiary/aromatic N) is 1. The van der Waals surface area contributed by atoms with Gasteiger partial charge in [0.2, 0.25) is 10.0 Å². The summed E-state index contributed by atoms with van der Waals surface area (Å²) in [4.78, 5) is 3.12. The summed E-state index contributed by atoms with van der Waals surface area (Å²) in [6.07, 6.45) is 3.81. The highest BCUT2D eigenvalue weighted by atomic mass is 35.5. The van der Waals surface area contributed by atoms with Crippen LogP contribution in [0.1, 0.15) is 19.4 Å². The number of sulfonamides is 1. The van der Waals surface area contributed by atoms with Crippen LogP contribution in [0.15, 0.2) is 31.0 Å². The van der Waals surface area contributed by atoms with Crippen molar-refractivity contribution in [2.24, 2.45) is 0 Å². The second-order valence-corrected chi connectivity index (χ2v) is 8.80. The molecule has 6 heteroatoms. The lowest BCUT2D eigenvalue weighted by Crippen LogP contribution is -2.50. The van der Waals surface area contributed by atoms with E-state index in [1.54, 1.807) is 26.1 Å². The van der Waals surface area contributed by atoms with Gasteiger partial charge in [0.1, 0.15) is 0 Å². The smallest absolute Gasteiger partial charge is 0.241 e. The average Bonchev–Trinajstić information content (AvgIpc) is 2.85. The van der Waals surface area contributed by atoms with E-state index in [0.29, 0.717) is 17.1 Å². The Balaban J connectivity index is 2.40. The van der Waals surface area contributed by atoms with Crippen molar-refractivity contribution < 1.29 is 8.42 Å². The van der Waals surface area contributed by atoms with Gasteiger partial charge < -0.3 is 4.98 Å². The van der Waals surface area contributed by atoms with E-state index in [-0.39, 0.29) is 6.54 Å².